The highest BCUT2D eigenvalue weighted by Crippen LogP contribution is 2.36. The van der Waals surface area contributed by atoms with E-state index in [9.17, 15) is 0 Å². The summed E-state index contributed by atoms with van der Waals surface area (Å²) in [4.78, 5) is 0. The van der Waals surface area contributed by atoms with Crippen molar-refractivity contribution >= 4 is 0 Å². The van der Waals surface area contributed by atoms with E-state index in [1.54, 1.807) is 0 Å². The lowest BCUT2D eigenvalue weighted by molar-refractivity contribution is 0.314. The molecule has 0 aliphatic heterocycles. The molecule has 0 aromatic carbocycles. The third-order valence-electron chi connectivity index (χ3n) is 3.32. The summed E-state index contributed by atoms with van der Waals surface area (Å²) < 4.78 is 0. The van der Waals surface area contributed by atoms with Crippen LogP contribution in [0.15, 0.2) is 0 Å². The normalized spacial score (nSPS) is 20.8. The molecule has 1 aliphatic rings. The number of hydrogen-bond donors (Lipinski definition) is 1. The van der Waals surface area contributed by atoms with Crippen LogP contribution in [-0.2, 0) is 0 Å². The fourth-order valence-corrected chi connectivity index (χ4v) is 2.30. The Labute approximate surface area is 83.3 Å². The van der Waals surface area contributed by atoms with Crippen LogP contribution in [0.5, 0.6) is 0 Å². The Balaban J connectivity index is 1.98. The largest absolute Gasteiger partial charge is 0.316 e. The highest BCUT2D eigenvalue weighted by molar-refractivity contribution is 4.82. The summed E-state index contributed by atoms with van der Waals surface area (Å²) in [6, 6.07) is 0. The molecular formula is C12H25N. The summed E-state index contributed by atoms with van der Waals surface area (Å²) >= 11 is 0. The van der Waals surface area contributed by atoms with Crippen molar-refractivity contribution in [1.29, 1.82) is 0 Å². The van der Waals surface area contributed by atoms with Crippen LogP contribution in [0.3, 0.4) is 0 Å². The molecule has 78 valence electrons. The van der Waals surface area contributed by atoms with Gasteiger partial charge in [0.05, 0.1) is 0 Å². The van der Waals surface area contributed by atoms with E-state index in [0.717, 1.165) is 0 Å². The van der Waals surface area contributed by atoms with Crippen molar-refractivity contribution in [2.45, 2.75) is 58.8 Å². The predicted molar refractivity (Wildman–Crippen MR) is 59.0 cm³/mol. The van der Waals surface area contributed by atoms with Gasteiger partial charge in [-0.05, 0) is 31.2 Å². The molecule has 0 heterocycles. The van der Waals surface area contributed by atoms with Gasteiger partial charge in [-0.25, -0.2) is 0 Å². The van der Waals surface area contributed by atoms with E-state index in [1.165, 1.54) is 58.0 Å². The first-order valence-corrected chi connectivity index (χ1v) is 5.97. The quantitative estimate of drug-likeness (QED) is 0.623. The minimum atomic E-state index is 0.631. The van der Waals surface area contributed by atoms with Gasteiger partial charge in [-0.3, -0.25) is 0 Å². The first-order valence-electron chi connectivity index (χ1n) is 5.97. The summed E-state index contributed by atoms with van der Waals surface area (Å²) in [5.41, 5.74) is 0.631. The smallest absolute Gasteiger partial charge is 0.000516 e. The topological polar surface area (TPSA) is 12.0 Å². The molecule has 0 amide bonds. The van der Waals surface area contributed by atoms with Gasteiger partial charge in [-0.2, -0.15) is 0 Å². The van der Waals surface area contributed by atoms with E-state index >= 15 is 0 Å². The maximum Gasteiger partial charge on any atom is 0.000516 e. The summed E-state index contributed by atoms with van der Waals surface area (Å²) in [6.07, 6.45) is 9.84. The molecule has 0 atom stereocenters. The SMILES string of the molecule is CCCCCNCC1(C)CCCC1. The number of unbranched alkanes of at least 4 members (excludes halogenated alkanes) is 2. The zero-order valence-electron chi connectivity index (χ0n) is 9.36. The molecule has 1 heteroatoms. The second kappa shape index (κ2) is 5.64. The van der Waals surface area contributed by atoms with E-state index in [1.807, 2.05) is 0 Å². The lowest BCUT2D eigenvalue weighted by Crippen LogP contribution is -2.30. The van der Waals surface area contributed by atoms with Crippen molar-refractivity contribution in [3.8, 4) is 0 Å². The third kappa shape index (κ3) is 4.12. The Kier molecular flexibility index (Phi) is 4.79. The fourth-order valence-electron chi connectivity index (χ4n) is 2.30. The first kappa shape index (κ1) is 11.0. The number of rotatable bonds is 6. The highest BCUT2D eigenvalue weighted by atomic mass is 14.9. The molecule has 0 saturated heterocycles. The maximum atomic E-state index is 3.60. The average molecular weight is 183 g/mol. The molecule has 1 N–H and O–H groups in total. The van der Waals surface area contributed by atoms with Crippen LogP contribution in [0.25, 0.3) is 0 Å². The minimum absolute atomic E-state index is 0.631. The Bertz CT molecular complexity index is 125. The summed E-state index contributed by atoms with van der Waals surface area (Å²) in [6.45, 7) is 7.17. The summed E-state index contributed by atoms with van der Waals surface area (Å²) in [7, 11) is 0. The number of nitrogens with one attached hydrogen (secondary N) is 1. The van der Waals surface area contributed by atoms with Crippen molar-refractivity contribution in [2.24, 2.45) is 5.41 Å². The molecule has 0 spiro atoms. The molecule has 1 saturated carbocycles. The zero-order valence-corrected chi connectivity index (χ0v) is 9.36. The van der Waals surface area contributed by atoms with Gasteiger partial charge in [0.25, 0.3) is 0 Å². The third-order valence-corrected chi connectivity index (χ3v) is 3.32. The highest BCUT2D eigenvalue weighted by Gasteiger charge is 2.27. The van der Waals surface area contributed by atoms with E-state index < -0.39 is 0 Å². The van der Waals surface area contributed by atoms with Crippen LogP contribution in [0.4, 0.5) is 0 Å². The van der Waals surface area contributed by atoms with E-state index in [2.05, 4.69) is 19.2 Å². The number of hydrogen-bond acceptors (Lipinski definition) is 1. The van der Waals surface area contributed by atoms with Gasteiger partial charge < -0.3 is 5.32 Å². The summed E-state index contributed by atoms with van der Waals surface area (Å²) in [5, 5.41) is 3.60. The second-order valence-corrected chi connectivity index (χ2v) is 4.90. The van der Waals surface area contributed by atoms with Gasteiger partial charge in [0.2, 0.25) is 0 Å². The van der Waals surface area contributed by atoms with Crippen LogP contribution in [0, 0.1) is 5.41 Å². The van der Waals surface area contributed by atoms with Crippen molar-refractivity contribution in [2.75, 3.05) is 13.1 Å². The van der Waals surface area contributed by atoms with Crippen molar-refractivity contribution in [1.82, 2.24) is 5.32 Å². The van der Waals surface area contributed by atoms with Crippen LogP contribution in [-0.4, -0.2) is 13.1 Å². The fraction of sp³-hybridized carbons (Fsp3) is 1.00. The molecule has 0 bridgehead atoms. The summed E-state index contributed by atoms with van der Waals surface area (Å²) in [5.74, 6) is 0. The zero-order chi connectivity index (χ0) is 9.57. The Morgan fingerprint density at radius 2 is 1.85 bits per heavy atom. The molecule has 1 rings (SSSR count). The van der Waals surface area contributed by atoms with Gasteiger partial charge in [-0.15, -0.1) is 0 Å². The molecule has 1 aliphatic carbocycles. The molecule has 1 nitrogen and oxygen atoms in total. The minimum Gasteiger partial charge on any atom is -0.316 e. The molecular weight excluding hydrogens is 158 g/mol. The standard InChI is InChI=1S/C12H25N/c1-3-4-7-10-13-11-12(2)8-5-6-9-12/h13H,3-11H2,1-2H3. The van der Waals surface area contributed by atoms with Crippen LogP contribution >= 0.6 is 0 Å². The van der Waals surface area contributed by atoms with Gasteiger partial charge in [-0.1, -0.05) is 39.5 Å². The van der Waals surface area contributed by atoms with Gasteiger partial charge in [0.1, 0.15) is 0 Å². The van der Waals surface area contributed by atoms with Crippen LogP contribution in [0.1, 0.15) is 58.8 Å². The Morgan fingerprint density at radius 1 is 1.15 bits per heavy atom. The Hall–Kier alpha value is -0.0400. The Morgan fingerprint density at radius 3 is 2.46 bits per heavy atom. The molecule has 0 aromatic heterocycles. The average Bonchev–Trinajstić information content (AvgIpc) is 2.53. The lowest BCUT2D eigenvalue weighted by atomic mass is 9.89. The molecule has 0 unspecified atom stereocenters. The van der Waals surface area contributed by atoms with Gasteiger partial charge in [0.15, 0.2) is 0 Å². The predicted octanol–water partition coefficient (Wildman–Crippen LogP) is 3.35. The van der Waals surface area contributed by atoms with E-state index in [-0.39, 0.29) is 0 Å². The molecule has 0 aromatic rings. The van der Waals surface area contributed by atoms with Gasteiger partial charge in [0, 0.05) is 6.54 Å². The second-order valence-electron chi connectivity index (χ2n) is 4.90. The van der Waals surface area contributed by atoms with E-state index in [4.69, 9.17) is 0 Å². The molecule has 1 fully saturated rings. The van der Waals surface area contributed by atoms with Crippen molar-refractivity contribution in [3.05, 3.63) is 0 Å². The van der Waals surface area contributed by atoms with Crippen molar-refractivity contribution in [3.63, 3.8) is 0 Å². The van der Waals surface area contributed by atoms with Crippen molar-refractivity contribution < 1.29 is 0 Å². The lowest BCUT2D eigenvalue weighted by Gasteiger charge is -2.23. The monoisotopic (exact) mass is 183 g/mol. The maximum absolute atomic E-state index is 3.60. The molecule has 13 heavy (non-hydrogen) atoms. The van der Waals surface area contributed by atoms with Gasteiger partial charge >= 0.3 is 0 Å². The molecule has 0 radical (unpaired) electrons. The van der Waals surface area contributed by atoms with Crippen LogP contribution in [0.2, 0.25) is 0 Å². The first-order chi connectivity index (χ1) is 6.27. The van der Waals surface area contributed by atoms with Crippen LogP contribution < -0.4 is 5.32 Å². The van der Waals surface area contributed by atoms with E-state index in [0.29, 0.717) is 5.41 Å².